The van der Waals surface area contributed by atoms with Gasteiger partial charge in [-0.15, -0.1) is 0 Å². The van der Waals surface area contributed by atoms with Crippen molar-refractivity contribution >= 4 is 5.91 Å². The fraction of sp³-hybridized carbons (Fsp3) is 0.500. The lowest BCUT2D eigenvalue weighted by Crippen LogP contribution is -2.36. The molecule has 1 aromatic heterocycles. The fourth-order valence-electron chi connectivity index (χ4n) is 1.57. The fourth-order valence-corrected chi connectivity index (χ4v) is 1.57. The first-order chi connectivity index (χ1) is 7.71. The molecule has 1 amide bonds. The molecule has 0 spiro atoms. The van der Waals surface area contributed by atoms with E-state index in [1.807, 2.05) is 19.9 Å². The monoisotopic (exact) mass is 219 g/mol. The van der Waals surface area contributed by atoms with Crippen LogP contribution in [0.4, 0.5) is 0 Å². The lowest BCUT2D eigenvalue weighted by Gasteiger charge is -2.15. The number of nitrogens with zero attached hydrogens (tertiary/aromatic N) is 2. The zero-order chi connectivity index (χ0) is 12.0. The molecule has 4 nitrogen and oxygen atoms in total. The second kappa shape index (κ2) is 5.96. The third kappa shape index (κ3) is 3.13. The molecular formula is C12H17N3O. The zero-order valence-corrected chi connectivity index (χ0v) is 9.73. The third-order valence-corrected chi connectivity index (χ3v) is 2.61. The second-order valence-corrected chi connectivity index (χ2v) is 3.71. The van der Waals surface area contributed by atoms with E-state index >= 15 is 0 Å². The van der Waals surface area contributed by atoms with Gasteiger partial charge >= 0.3 is 0 Å². The first-order valence-corrected chi connectivity index (χ1v) is 5.55. The Kier molecular flexibility index (Phi) is 4.59. The minimum atomic E-state index is -0.0404. The maximum Gasteiger partial charge on any atom is 0.240 e. The Labute approximate surface area is 95.9 Å². The van der Waals surface area contributed by atoms with Crippen LogP contribution in [0.3, 0.4) is 0 Å². The largest absolute Gasteiger partial charge is 0.352 e. The van der Waals surface area contributed by atoms with Gasteiger partial charge in [0.15, 0.2) is 0 Å². The molecule has 1 heterocycles. The van der Waals surface area contributed by atoms with Crippen LogP contribution in [0.5, 0.6) is 0 Å². The highest BCUT2D eigenvalue weighted by Gasteiger charge is 2.09. The van der Waals surface area contributed by atoms with Gasteiger partial charge in [0, 0.05) is 12.2 Å². The van der Waals surface area contributed by atoms with Crippen molar-refractivity contribution in [3.63, 3.8) is 0 Å². The molecule has 0 fully saturated rings. The molecule has 1 aromatic rings. The van der Waals surface area contributed by atoms with E-state index in [0.717, 1.165) is 12.8 Å². The third-order valence-electron chi connectivity index (χ3n) is 2.61. The molecule has 0 aliphatic carbocycles. The molecule has 0 saturated heterocycles. The van der Waals surface area contributed by atoms with Crippen molar-refractivity contribution in [1.29, 1.82) is 5.26 Å². The SMILES string of the molecule is CCC(CC)NC(=O)Cn1cccc1C#N. The molecule has 0 aliphatic rings. The molecule has 0 aliphatic heterocycles. The van der Waals surface area contributed by atoms with E-state index in [9.17, 15) is 4.79 Å². The van der Waals surface area contributed by atoms with Crippen molar-refractivity contribution in [3.05, 3.63) is 24.0 Å². The zero-order valence-electron chi connectivity index (χ0n) is 9.73. The lowest BCUT2D eigenvalue weighted by atomic mass is 10.2. The van der Waals surface area contributed by atoms with Crippen LogP contribution in [0.2, 0.25) is 0 Å². The van der Waals surface area contributed by atoms with Crippen molar-refractivity contribution in [2.45, 2.75) is 39.3 Å². The van der Waals surface area contributed by atoms with Gasteiger partial charge in [0.25, 0.3) is 0 Å². The number of hydrogen-bond acceptors (Lipinski definition) is 2. The van der Waals surface area contributed by atoms with E-state index in [2.05, 4.69) is 5.32 Å². The van der Waals surface area contributed by atoms with Gasteiger partial charge in [-0.25, -0.2) is 0 Å². The number of amides is 1. The van der Waals surface area contributed by atoms with Crippen LogP contribution in [0.1, 0.15) is 32.4 Å². The molecule has 0 radical (unpaired) electrons. The van der Waals surface area contributed by atoms with Crippen molar-refractivity contribution in [1.82, 2.24) is 9.88 Å². The summed E-state index contributed by atoms with van der Waals surface area (Å²) < 4.78 is 1.65. The summed E-state index contributed by atoms with van der Waals surface area (Å²) in [6.45, 7) is 4.31. The summed E-state index contributed by atoms with van der Waals surface area (Å²) in [6.07, 6.45) is 3.60. The number of aromatic nitrogens is 1. The second-order valence-electron chi connectivity index (χ2n) is 3.71. The smallest absolute Gasteiger partial charge is 0.240 e. The highest BCUT2D eigenvalue weighted by molar-refractivity contribution is 5.76. The average Bonchev–Trinajstić information content (AvgIpc) is 2.73. The quantitative estimate of drug-likeness (QED) is 0.818. The predicted octanol–water partition coefficient (Wildman–Crippen LogP) is 1.66. The van der Waals surface area contributed by atoms with Crippen LogP contribution >= 0.6 is 0 Å². The molecule has 0 aromatic carbocycles. The average molecular weight is 219 g/mol. The molecule has 0 bridgehead atoms. The molecule has 0 saturated carbocycles. The molecule has 16 heavy (non-hydrogen) atoms. The Morgan fingerprint density at radius 3 is 2.81 bits per heavy atom. The van der Waals surface area contributed by atoms with Crippen LogP contribution in [-0.4, -0.2) is 16.5 Å². The number of nitriles is 1. The van der Waals surface area contributed by atoms with Crippen LogP contribution in [0.25, 0.3) is 0 Å². The van der Waals surface area contributed by atoms with Crippen LogP contribution in [0, 0.1) is 11.3 Å². The highest BCUT2D eigenvalue weighted by Crippen LogP contribution is 2.01. The molecule has 0 unspecified atom stereocenters. The molecule has 0 atom stereocenters. The first-order valence-electron chi connectivity index (χ1n) is 5.55. The van der Waals surface area contributed by atoms with Gasteiger partial charge in [0.05, 0.1) is 0 Å². The summed E-state index contributed by atoms with van der Waals surface area (Å²) >= 11 is 0. The summed E-state index contributed by atoms with van der Waals surface area (Å²) in [7, 11) is 0. The Morgan fingerprint density at radius 1 is 1.56 bits per heavy atom. The minimum Gasteiger partial charge on any atom is -0.352 e. The standard InChI is InChI=1S/C12H17N3O/c1-3-10(4-2)14-12(16)9-15-7-5-6-11(15)8-13/h5-7,10H,3-4,9H2,1-2H3,(H,14,16). The number of carbonyl (C=O) groups excluding carboxylic acids is 1. The van der Waals surface area contributed by atoms with Crippen molar-refractivity contribution in [3.8, 4) is 6.07 Å². The summed E-state index contributed by atoms with van der Waals surface area (Å²) in [6, 6.07) is 5.74. The lowest BCUT2D eigenvalue weighted by molar-refractivity contribution is -0.122. The number of hydrogen-bond donors (Lipinski definition) is 1. The maximum absolute atomic E-state index is 11.7. The summed E-state index contributed by atoms with van der Waals surface area (Å²) in [5, 5.41) is 11.7. The van der Waals surface area contributed by atoms with Gasteiger partial charge in [-0.05, 0) is 25.0 Å². The Hall–Kier alpha value is -1.76. The normalized spacial score (nSPS) is 10.1. The van der Waals surface area contributed by atoms with Crippen LogP contribution in [0.15, 0.2) is 18.3 Å². The number of nitrogens with one attached hydrogen (secondary N) is 1. The Bertz CT molecular complexity index is 385. The number of carbonyl (C=O) groups is 1. The van der Waals surface area contributed by atoms with E-state index in [4.69, 9.17) is 5.26 Å². The van der Waals surface area contributed by atoms with E-state index in [1.54, 1.807) is 22.9 Å². The molecule has 4 heteroatoms. The molecule has 86 valence electrons. The van der Waals surface area contributed by atoms with Gasteiger partial charge in [-0.2, -0.15) is 5.26 Å². The van der Waals surface area contributed by atoms with Crippen molar-refractivity contribution in [2.75, 3.05) is 0 Å². The van der Waals surface area contributed by atoms with Gasteiger partial charge in [-0.1, -0.05) is 13.8 Å². The molecule has 1 N–H and O–H groups in total. The first kappa shape index (κ1) is 12.3. The maximum atomic E-state index is 11.7. The van der Waals surface area contributed by atoms with E-state index in [1.165, 1.54) is 0 Å². The van der Waals surface area contributed by atoms with Crippen molar-refractivity contribution < 1.29 is 4.79 Å². The summed E-state index contributed by atoms with van der Waals surface area (Å²) in [5.41, 5.74) is 0.514. The van der Waals surface area contributed by atoms with Crippen molar-refractivity contribution in [2.24, 2.45) is 0 Å². The van der Waals surface area contributed by atoms with Crippen LogP contribution in [-0.2, 0) is 11.3 Å². The summed E-state index contributed by atoms with van der Waals surface area (Å²) in [4.78, 5) is 11.7. The van der Waals surface area contributed by atoms with Gasteiger partial charge in [0.2, 0.25) is 5.91 Å². The highest BCUT2D eigenvalue weighted by atomic mass is 16.2. The molecule has 1 rings (SSSR count). The Morgan fingerprint density at radius 2 is 2.25 bits per heavy atom. The molecular weight excluding hydrogens is 202 g/mol. The van der Waals surface area contributed by atoms with E-state index < -0.39 is 0 Å². The van der Waals surface area contributed by atoms with E-state index in [0.29, 0.717) is 5.69 Å². The van der Waals surface area contributed by atoms with Gasteiger partial charge < -0.3 is 9.88 Å². The van der Waals surface area contributed by atoms with Gasteiger partial charge in [-0.3, -0.25) is 4.79 Å². The summed E-state index contributed by atoms with van der Waals surface area (Å²) in [5.74, 6) is -0.0404. The van der Waals surface area contributed by atoms with Crippen LogP contribution < -0.4 is 5.32 Å². The predicted molar refractivity (Wildman–Crippen MR) is 61.7 cm³/mol. The number of rotatable bonds is 5. The van der Waals surface area contributed by atoms with Gasteiger partial charge in [0.1, 0.15) is 18.3 Å². The Balaban J connectivity index is 2.55. The van der Waals surface area contributed by atoms with E-state index in [-0.39, 0.29) is 18.5 Å². The topological polar surface area (TPSA) is 57.8 Å². The minimum absolute atomic E-state index is 0.0404.